The average molecular weight is 310 g/mol. The molecule has 1 aliphatic heterocycles. The van der Waals surface area contributed by atoms with Crippen molar-refractivity contribution in [1.29, 1.82) is 0 Å². The van der Waals surface area contributed by atoms with E-state index in [2.05, 4.69) is 22.8 Å². The van der Waals surface area contributed by atoms with Crippen molar-refractivity contribution in [2.24, 2.45) is 0 Å². The number of aliphatic hydroxyl groups excluding tert-OH is 1. The van der Waals surface area contributed by atoms with E-state index in [9.17, 15) is 9.90 Å². The van der Waals surface area contributed by atoms with Gasteiger partial charge in [0.05, 0.1) is 12.1 Å². The molecule has 4 nitrogen and oxygen atoms in total. The summed E-state index contributed by atoms with van der Waals surface area (Å²) in [6.45, 7) is 2.89. The molecule has 120 valence electrons. The molecule has 23 heavy (non-hydrogen) atoms. The molecule has 0 spiro atoms. The van der Waals surface area contributed by atoms with Crippen LogP contribution in [-0.2, 0) is 17.8 Å². The number of nitrogens with one attached hydrogen (secondary N) is 2. The third-order valence-electron chi connectivity index (χ3n) is 4.41. The van der Waals surface area contributed by atoms with Crippen LogP contribution >= 0.6 is 0 Å². The zero-order valence-electron chi connectivity index (χ0n) is 13.3. The third-order valence-corrected chi connectivity index (χ3v) is 4.41. The lowest BCUT2D eigenvalue weighted by Gasteiger charge is -2.26. The number of rotatable bonds is 4. The zero-order valence-corrected chi connectivity index (χ0v) is 13.3. The minimum absolute atomic E-state index is 0.0628. The summed E-state index contributed by atoms with van der Waals surface area (Å²) in [5.41, 5.74) is 4.34. The molecule has 1 aliphatic rings. The number of carbonyl (C=O) groups excluding carboxylic acids is 1. The molecule has 0 aliphatic carbocycles. The van der Waals surface area contributed by atoms with Crippen LogP contribution in [0.3, 0.4) is 0 Å². The molecule has 2 atom stereocenters. The standard InChI is InChI=1S/C19H22N2O2/c1-13-6-2-5-9-16(13)18(22)12-21-19(23)17-10-14-7-3-4-8-15(14)11-20-17/h2-9,17-18,20,22H,10-12H2,1H3,(H,21,23)/t17-,18+/m1/s1. The van der Waals surface area contributed by atoms with Gasteiger partial charge in [-0.3, -0.25) is 4.79 Å². The highest BCUT2D eigenvalue weighted by Crippen LogP contribution is 2.18. The summed E-state index contributed by atoms with van der Waals surface area (Å²) >= 11 is 0. The predicted molar refractivity (Wildman–Crippen MR) is 89.9 cm³/mol. The van der Waals surface area contributed by atoms with Gasteiger partial charge < -0.3 is 15.7 Å². The van der Waals surface area contributed by atoms with Crippen LogP contribution in [0.25, 0.3) is 0 Å². The number of carbonyl (C=O) groups is 1. The van der Waals surface area contributed by atoms with Crippen molar-refractivity contribution in [1.82, 2.24) is 10.6 Å². The molecular weight excluding hydrogens is 288 g/mol. The molecule has 2 aromatic carbocycles. The molecule has 1 amide bonds. The lowest BCUT2D eigenvalue weighted by molar-refractivity contribution is -0.123. The Bertz CT molecular complexity index is 699. The highest BCUT2D eigenvalue weighted by Gasteiger charge is 2.24. The van der Waals surface area contributed by atoms with Gasteiger partial charge >= 0.3 is 0 Å². The predicted octanol–water partition coefficient (Wildman–Crippen LogP) is 1.86. The fourth-order valence-corrected chi connectivity index (χ4v) is 3.03. The maximum Gasteiger partial charge on any atom is 0.237 e. The monoisotopic (exact) mass is 310 g/mol. The highest BCUT2D eigenvalue weighted by atomic mass is 16.3. The first-order valence-electron chi connectivity index (χ1n) is 7.96. The first-order valence-corrected chi connectivity index (χ1v) is 7.96. The van der Waals surface area contributed by atoms with Crippen LogP contribution < -0.4 is 10.6 Å². The summed E-state index contributed by atoms with van der Waals surface area (Å²) in [7, 11) is 0. The highest BCUT2D eigenvalue weighted by molar-refractivity contribution is 5.82. The van der Waals surface area contributed by atoms with Crippen LogP contribution in [0.1, 0.15) is 28.4 Å². The molecule has 0 saturated heterocycles. The van der Waals surface area contributed by atoms with Gasteiger partial charge in [-0.2, -0.15) is 0 Å². The summed E-state index contributed by atoms with van der Waals surface area (Å²) in [6.07, 6.45) is -0.00123. The van der Waals surface area contributed by atoms with E-state index in [-0.39, 0.29) is 18.5 Å². The molecule has 0 saturated carbocycles. The molecule has 3 N–H and O–H groups in total. The van der Waals surface area contributed by atoms with E-state index in [1.165, 1.54) is 11.1 Å². The summed E-state index contributed by atoms with van der Waals surface area (Å²) < 4.78 is 0. The van der Waals surface area contributed by atoms with Gasteiger partial charge in [0.2, 0.25) is 5.91 Å². The Morgan fingerprint density at radius 2 is 1.91 bits per heavy atom. The Morgan fingerprint density at radius 3 is 2.70 bits per heavy atom. The van der Waals surface area contributed by atoms with Gasteiger partial charge in [0, 0.05) is 13.1 Å². The molecule has 0 bridgehead atoms. The van der Waals surface area contributed by atoms with Crippen LogP contribution in [0.5, 0.6) is 0 Å². The van der Waals surface area contributed by atoms with Crippen molar-refractivity contribution in [3.05, 3.63) is 70.8 Å². The van der Waals surface area contributed by atoms with Crippen LogP contribution in [0.2, 0.25) is 0 Å². The second kappa shape index (κ2) is 6.94. The molecule has 0 fully saturated rings. The summed E-state index contributed by atoms with van der Waals surface area (Å²) in [6, 6.07) is 15.6. The van der Waals surface area contributed by atoms with E-state index in [0.717, 1.165) is 11.1 Å². The molecule has 3 rings (SSSR count). The average Bonchev–Trinajstić information content (AvgIpc) is 2.59. The molecular formula is C19H22N2O2. The largest absolute Gasteiger partial charge is 0.387 e. The minimum atomic E-state index is -0.684. The van der Waals surface area contributed by atoms with E-state index in [1.54, 1.807) is 0 Å². The van der Waals surface area contributed by atoms with Gasteiger partial charge in [0.1, 0.15) is 0 Å². The van der Waals surface area contributed by atoms with Crippen molar-refractivity contribution >= 4 is 5.91 Å². The molecule has 1 heterocycles. The molecule has 2 aromatic rings. The lowest BCUT2D eigenvalue weighted by atomic mass is 9.95. The number of hydrogen-bond donors (Lipinski definition) is 3. The fraction of sp³-hybridized carbons (Fsp3) is 0.316. The van der Waals surface area contributed by atoms with E-state index in [4.69, 9.17) is 0 Å². The van der Waals surface area contributed by atoms with E-state index < -0.39 is 6.10 Å². The number of amides is 1. The molecule has 0 unspecified atom stereocenters. The van der Waals surface area contributed by atoms with Gasteiger partial charge in [-0.1, -0.05) is 48.5 Å². The fourth-order valence-electron chi connectivity index (χ4n) is 3.03. The second-order valence-electron chi connectivity index (χ2n) is 6.02. The molecule has 0 aromatic heterocycles. The SMILES string of the molecule is Cc1ccccc1[C@@H](O)CNC(=O)[C@H]1Cc2ccccc2CN1. The van der Waals surface area contributed by atoms with Crippen molar-refractivity contribution in [2.45, 2.75) is 32.0 Å². The maximum atomic E-state index is 12.3. The first kappa shape index (κ1) is 15.7. The van der Waals surface area contributed by atoms with Crippen LogP contribution in [-0.4, -0.2) is 23.6 Å². The van der Waals surface area contributed by atoms with E-state index in [0.29, 0.717) is 13.0 Å². The zero-order chi connectivity index (χ0) is 16.2. The molecule has 0 radical (unpaired) electrons. The van der Waals surface area contributed by atoms with Gasteiger partial charge in [0.15, 0.2) is 0 Å². The summed E-state index contributed by atoms with van der Waals surface area (Å²) in [5, 5.41) is 16.4. The lowest BCUT2D eigenvalue weighted by Crippen LogP contribution is -2.48. The normalized spacial score (nSPS) is 18.1. The van der Waals surface area contributed by atoms with Crippen LogP contribution in [0.4, 0.5) is 0 Å². The van der Waals surface area contributed by atoms with Crippen molar-refractivity contribution in [3.63, 3.8) is 0 Å². The van der Waals surface area contributed by atoms with Crippen LogP contribution in [0.15, 0.2) is 48.5 Å². The number of aliphatic hydroxyl groups is 1. The van der Waals surface area contributed by atoms with Gasteiger partial charge in [-0.15, -0.1) is 0 Å². The Morgan fingerprint density at radius 1 is 1.22 bits per heavy atom. The first-order chi connectivity index (χ1) is 11.1. The van der Waals surface area contributed by atoms with Crippen molar-refractivity contribution in [2.75, 3.05) is 6.54 Å². The van der Waals surface area contributed by atoms with Gasteiger partial charge in [-0.05, 0) is 35.6 Å². The van der Waals surface area contributed by atoms with E-state index >= 15 is 0 Å². The van der Waals surface area contributed by atoms with Crippen molar-refractivity contribution < 1.29 is 9.90 Å². The molecule has 4 heteroatoms. The number of aryl methyl sites for hydroxylation is 1. The number of hydrogen-bond acceptors (Lipinski definition) is 3. The number of fused-ring (bicyclic) bond motifs is 1. The van der Waals surface area contributed by atoms with Crippen LogP contribution in [0, 0.1) is 6.92 Å². The third kappa shape index (κ3) is 3.60. The maximum absolute atomic E-state index is 12.3. The van der Waals surface area contributed by atoms with Gasteiger partial charge in [-0.25, -0.2) is 0 Å². The van der Waals surface area contributed by atoms with Crippen molar-refractivity contribution in [3.8, 4) is 0 Å². The quantitative estimate of drug-likeness (QED) is 0.808. The Kier molecular flexibility index (Phi) is 4.74. The summed E-state index contributed by atoms with van der Waals surface area (Å²) in [5.74, 6) is -0.0628. The second-order valence-corrected chi connectivity index (χ2v) is 6.02. The Hall–Kier alpha value is -2.17. The topological polar surface area (TPSA) is 61.4 Å². The van der Waals surface area contributed by atoms with E-state index in [1.807, 2.05) is 43.3 Å². The van der Waals surface area contributed by atoms with Gasteiger partial charge in [0.25, 0.3) is 0 Å². The Balaban J connectivity index is 1.57. The smallest absolute Gasteiger partial charge is 0.237 e. The summed E-state index contributed by atoms with van der Waals surface area (Å²) in [4.78, 5) is 12.3. The minimum Gasteiger partial charge on any atom is -0.387 e. The number of benzene rings is 2. The Labute approximate surface area is 136 Å².